The van der Waals surface area contributed by atoms with E-state index in [1.54, 1.807) is 44.7 Å². The van der Waals surface area contributed by atoms with Crippen molar-refractivity contribution in [2.75, 3.05) is 18.7 Å². The number of rotatable bonds is 6. The second-order valence-electron chi connectivity index (χ2n) is 6.90. The first-order chi connectivity index (χ1) is 12.6. The van der Waals surface area contributed by atoms with Gasteiger partial charge in [-0.15, -0.1) is 11.8 Å². The van der Waals surface area contributed by atoms with E-state index in [1.807, 2.05) is 18.4 Å². The molecule has 0 aliphatic rings. The van der Waals surface area contributed by atoms with E-state index in [-0.39, 0.29) is 16.2 Å². The molecule has 0 saturated heterocycles. The van der Waals surface area contributed by atoms with Crippen LogP contribution in [-0.4, -0.2) is 33.2 Å². The van der Waals surface area contributed by atoms with Crippen LogP contribution in [0.5, 0.6) is 5.75 Å². The zero-order valence-electron chi connectivity index (χ0n) is 16.0. The van der Waals surface area contributed by atoms with Gasteiger partial charge in [-0.05, 0) is 69.5 Å². The number of thioether (sulfide) groups is 1. The number of amides is 1. The summed E-state index contributed by atoms with van der Waals surface area (Å²) >= 11 is 1.61. The molecule has 1 amide bonds. The quantitative estimate of drug-likeness (QED) is 0.711. The third kappa shape index (κ3) is 5.72. The minimum absolute atomic E-state index is 0.0784. The van der Waals surface area contributed by atoms with Crippen LogP contribution in [-0.2, 0) is 10.0 Å². The Balaban J connectivity index is 2.33. The van der Waals surface area contributed by atoms with E-state index in [4.69, 9.17) is 4.74 Å². The molecular formula is C19H24N2O4S2. The summed E-state index contributed by atoms with van der Waals surface area (Å²) in [6.07, 6.45) is 1.97. The highest BCUT2D eigenvalue weighted by Crippen LogP contribution is 2.26. The molecule has 0 fully saturated rings. The predicted octanol–water partition coefficient (Wildman–Crippen LogP) is 3.75. The van der Waals surface area contributed by atoms with E-state index in [2.05, 4.69) is 10.0 Å². The summed E-state index contributed by atoms with van der Waals surface area (Å²) < 4.78 is 33.2. The van der Waals surface area contributed by atoms with Crippen LogP contribution in [0.25, 0.3) is 0 Å². The Kier molecular flexibility index (Phi) is 6.56. The minimum atomic E-state index is -3.86. The number of sulfonamides is 1. The Labute approximate surface area is 164 Å². The normalized spacial score (nSPS) is 11.9. The monoisotopic (exact) mass is 408 g/mol. The number of anilines is 1. The van der Waals surface area contributed by atoms with Crippen molar-refractivity contribution in [2.45, 2.75) is 36.1 Å². The number of ether oxygens (including phenoxy) is 1. The fourth-order valence-corrected chi connectivity index (χ4v) is 4.39. The molecule has 0 unspecified atom stereocenters. The number of hydrogen-bond acceptors (Lipinski definition) is 5. The van der Waals surface area contributed by atoms with Crippen molar-refractivity contribution >= 4 is 33.4 Å². The summed E-state index contributed by atoms with van der Waals surface area (Å²) in [5.74, 6) is -0.227. The molecule has 6 nitrogen and oxygen atoms in total. The summed E-state index contributed by atoms with van der Waals surface area (Å²) in [4.78, 5) is 13.6. The molecule has 27 heavy (non-hydrogen) atoms. The molecule has 2 aromatic rings. The molecule has 0 spiro atoms. The first-order valence-electron chi connectivity index (χ1n) is 8.23. The maximum absolute atomic E-state index is 12.7. The Bertz CT molecular complexity index is 918. The molecule has 0 aliphatic heterocycles. The van der Waals surface area contributed by atoms with Crippen LogP contribution in [0.2, 0.25) is 0 Å². The average molecular weight is 409 g/mol. The fourth-order valence-electron chi connectivity index (χ4n) is 2.36. The standard InChI is InChI=1S/C19H24N2O4S2/c1-19(2,3)21-27(23,24)17-12-13(6-11-16(17)25-4)18(22)20-14-7-9-15(26-5)10-8-14/h6-12,21H,1-5H3,(H,20,22). The molecule has 0 heterocycles. The summed E-state index contributed by atoms with van der Waals surface area (Å²) in [7, 11) is -2.47. The van der Waals surface area contributed by atoms with Gasteiger partial charge in [-0.2, -0.15) is 0 Å². The molecule has 146 valence electrons. The van der Waals surface area contributed by atoms with Crippen molar-refractivity contribution in [3.05, 3.63) is 48.0 Å². The topological polar surface area (TPSA) is 84.5 Å². The summed E-state index contributed by atoms with van der Waals surface area (Å²) in [5.41, 5.74) is 0.186. The van der Waals surface area contributed by atoms with E-state index in [9.17, 15) is 13.2 Å². The van der Waals surface area contributed by atoms with E-state index >= 15 is 0 Å². The molecule has 0 bridgehead atoms. The number of carbonyl (C=O) groups excluding carboxylic acids is 1. The molecule has 0 aromatic heterocycles. The second kappa shape index (κ2) is 8.33. The fraction of sp³-hybridized carbons (Fsp3) is 0.316. The lowest BCUT2D eigenvalue weighted by molar-refractivity contribution is 0.102. The van der Waals surface area contributed by atoms with Gasteiger partial charge in [-0.25, -0.2) is 13.1 Å². The number of methoxy groups -OCH3 is 1. The Hall–Kier alpha value is -2.03. The van der Waals surface area contributed by atoms with Crippen LogP contribution >= 0.6 is 11.8 Å². The molecule has 2 aromatic carbocycles. The van der Waals surface area contributed by atoms with Crippen LogP contribution in [0.3, 0.4) is 0 Å². The molecule has 8 heteroatoms. The Morgan fingerprint density at radius 1 is 1.07 bits per heavy atom. The zero-order chi connectivity index (χ0) is 20.2. The molecule has 2 rings (SSSR count). The van der Waals surface area contributed by atoms with Gasteiger partial charge in [0.1, 0.15) is 10.6 Å². The van der Waals surface area contributed by atoms with E-state index in [0.717, 1.165) is 4.90 Å². The van der Waals surface area contributed by atoms with Crippen molar-refractivity contribution in [2.24, 2.45) is 0 Å². The highest BCUT2D eigenvalue weighted by atomic mass is 32.2. The van der Waals surface area contributed by atoms with Gasteiger partial charge in [0.2, 0.25) is 10.0 Å². The number of benzene rings is 2. The minimum Gasteiger partial charge on any atom is -0.495 e. The van der Waals surface area contributed by atoms with Crippen molar-refractivity contribution in [3.63, 3.8) is 0 Å². The third-order valence-electron chi connectivity index (χ3n) is 3.50. The first-order valence-corrected chi connectivity index (χ1v) is 10.9. The Morgan fingerprint density at radius 3 is 2.22 bits per heavy atom. The van der Waals surface area contributed by atoms with Crippen LogP contribution in [0.4, 0.5) is 5.69 Å². The van der Waals surface area contributed by atoms with Crippen LogP contribution in [0.1, 0.15) is 31.1 Å². The smallest absolute Gasteiger partial charge is 0.255 e. The van der Waals surface area contributed by atoms with E-state index in [1.165, 1.54) is 25.3 Å². The molecule has 0 atom stereocenters. The van der Waals surface area contributed by atoms with Gasteiger partial charge in [0.05, 0.1) is 7.11 Å². The van der Waals surface area contributed by atoms with Crippen molar-refractivity contribution in [3.8, 4) is 5.75 Å². The maximum atomic E-state index is 12.7. The first kappa shape index (κ1) is 21.3. The lowest BCUT2D eigenvalue weighted by Crippen LogP contribution is -2.40. The highest BCUT2D eigenvalue weighted by Gasteiger charge is 2.26. The van der Waals surface area contributed by atoms with E-state index < -0.39 is 21.5 Å². The van der Waals surface area contributed by atoms with Gasteiger partial charge >= 0.3 is 0 Å². The second-order valence-corrected chi connectivity index (χ2v) is 9.43. The lowest BCUT2D eigenvalue weighted by Gasteiger charge is -2.21. The van der Waals surface area contributed by atoms with Crippen molar-refractivity contribution in [1.82, 2.24) is 4.72 Å². The van der Waals surface area contributed by atoms with Gasteiger partial charge < -0.3 is 10.1 Å². The van der Waals surface area contributed by atoms with Crippen molar-refractivity contribution in [1.29, 1.82) is 0 Å². The summed E-state index contributed by atoms with van der Waals surface area (Å²) in [6, 6.07) is 11.7. The van der Waals surface area contributed by atoms with Gasteiger partial charge in [0, 0.05) is 21.7 Å². The summed E-state index contributed by atoms with van der Waals surface area (Å²) in [6.45, 7) is 5.23. The van der Waals surface area contributed by atoms with E-state index in [0.29, 0.717) is 5.69 Å². The average Bonchev–Trinajstić information content (AvgIpc) is 2.59. The molecular weight excluding hydrogens is 384 g/mol. The maximum Gasteiger partial charge on any atom is 0.255 e. The van der Waals surface area contributed by atoms with Gasteiger partial charge in [0.15, 0.2) is 0 Å². The van der Waals surface area contributed by atoms with Crippen molar-refractivity contribution < 1.29 is 17.9 Å². The molecule has 0 aliphatic carbocycles. The number of carbonyl (C=O) groups is 1. The SMILES string of the molecule is COc1ccc(C(=O)Nc2ccc(SC)cc2)cc1S(=O)(=O)NC(C)(C)C. The van der Waals surface area contributed by atoms with Crippen LogP contribution in [0, 0.1) is 0 Å². The highest BCUT2D eigenvalue weighted by molar-refractivity contribution is 7.98. The third-order valence-corrected chi connectivity index (χ3v) is 6.03. The predicted molar refractivity (Wildman–Crippen MR) is 109 cm³/mol. The number of nitrogens with one attached hydrogen (secondary N) is 2. The zero-order valence-corrected chi connectivity index (χ0v) is 17.6. The lowest BCUT2D eigenvalue weighted by atomic mass is 10.1. The molecule has 2 N–H and O–H groups in total. The summed E-state index contributed by atoms with van der Waals surface area (Å²) in [5, 5.41) is 2.77. The van der Waals surface area contributed by atoms with Gasteiger partial charge in [-0.1, -0.05) is 0 Å². The number of hydrogen-bond donors (Lipinski definition) is 2. The molecule has 0 saturated carbocycles. The van der Waals surface area contributed by atoms with Gasteiger partial charge in [0.25, 0.3) is 5.91 Å². The van der Waals surface area contributed by atoms with Gasteiger partial charge in [-0.3, -0.25) is 4.79 Å². The Morgan fingerprint density at radius 2 is 1.70 bits per heavy atom. The van der Waals surface area contributed by atoms with Crippen LogP contribution in [0.15, 0.2) is 52.3 Å². The molecule has 0 radical (unpaired) electrons. The van der Waals surface area contributed by atoms with Crippen LogP contribution < -0.4 is 14.8 Å². The largest absolute Gasteiger partial charge is 0.495 e.